The monoisotopic (exact) mass is 488 g/mol. The van der Waals surface area contributed by atoms with E-state index in [9.17, 15) is 9.18 Å². The van der Waals surface area contributed by atoms with Crippen molar-refractivity contribution in [1.82, 2.24) is 14.5 Å². The molecule has 0 saturated carbocycles. The summed E-state index contributed by atoms with van der Waals surface area (Å²) in [5.74, 6) is 0.367. The molecule has 2 aromatic carbocycles. The molecule has 4 aromatic rings. The lowest BCUT2D eigenvalue weighted by atomic mass is 10.2. The van der Waals surface area contributed by atoms with E-state index < -0.39 is 0 Å². The first-order valence-electron chi connectivity index (χ1n) is 10.2. The van der Waals surface area contributed by atoms with Crippen LogP contribution in [-0.2, 0) is 11.3 Å². The van der Waals surface area contributed by atoms with Crippen molar-refractivity contribution in [2.24, 2.45) is 0 Å². The molecule has 0 aliphatic rings. The molecule has 0 bridgehead atoms. The Kier molecular flexibility index (Phi) is 7.44. The third-order valence-corrected chi connectivity index (χ3v) is 7.18. The second-order valence-electron chi connectivity index (χ2n) is 7.32. The number of nitrogens with zero attached hydrogens (tertiary/aromatic N) is 4. The van der Waals surface area contributed by atoms with Gasteiger partial charge in [-0.25, -0.2) is 14.4 Å². The summed E-state index contributed by atoms with van der Waals surface area (Å²) >= 11 is 9.24. The predicted molar refractivity (Wildman–Crippen MR) is 130 cm³/mol. The van der Waals surface area contributed by atoms with Crippen molar-refractivity contribution in [3.63, 3.8) is 0 Å². The summed E-state index contributed by atoms with van der Waals surface area (Å²) in [6, 6.07) is 10.1. The van der Waals surface area contributed by atoms with Gasteiger partial charge in [0, 0.05) is 47.6 Å². The van der Waals surface area contributed by atoms with Gasteiger partial charge in [0.1, 0.15) is 5.82 Å². The van der Waals surface area contributed by atoms with Crippen LogP contribution in [0.4, 0.5) is 9.52 Å². The summed E-state index contributed by atoms with van der Waals surface area (Å²) in [6.07, 6.45) is 6.57. The van der Waals surface area contributed by atoms with Crippen LogP contribution in [0.15, 0.2) is 60.0 Å². The number of thiazole rings is 1. The number of carbonyl (C=O) groups excluding carboxylic acids is 1. The first kappa shape index (κ1) is 22.8. The molecule has 2 aromatic heterocycles. The van der Waals surface area contributed by atoms with E-state index in [2.05, 4.69) is 4.98 Å². The molecule has 5 nitrogen and oxygen atoms in total. The van der Waals surface area contributed by atoms with Crippen LogP contribution < -0.4 is 4.90 Å². The highest BCUT2D eigenvalue weighted by molar-refractivity contribution is 7.99. The topological polar surface area (TPSA) is 51.0 Å². The largest absolute Gasteiger partial charge is 0.337 e. The molecule has 0 atom stereocenters. The quantitative estimate of drug-likeness (QED) is 0.263. The number of fused-ring (bicyclic) bond motifs is 1. The minimum Gasteiger partial charge on any atom is -0.337 e. The van der Waals surface area contributed by atoms with Gasteiger partial charge < -0.3 is 4.57 Å². The normalized spacial score (nSPS) is 11.2. The number of amides is 1. The summed E-state index contributed by atoms with van der Waals surface area (Å²) < 4.78 is 16.1. The van der Waals surface area contributed by atoms with E-state index >= 15 is 0 Å². The second-order valence-corrected chi connectivity index (χ2v) is 9.93. The molecule has 166 valence electrons. The van der Waals surface area contributed by atoms with Crippen LogP contribution in [0.25, 0.3) is 10.2 Å². The van der Waals surface area contributed by atoms with Gasteiger partial charge in [-0.1, -0.05) is 22.9 Å². The maximum Gasteiger partial charge on any atom is 0.229 e. The fourth-order valence-electron chi connectivity index (χ4n) is 3.34. The first-order chi connectivity index (χ1) is 15.5. The van der Waals surface area contributed by atoms with Gasteiger partial charge in [-0.3, -0.25) is 9.69 Å². The van der Waals surface area contributed by atoms with Crippen LogP contribution in [-0.4, -0.2) is 32.7 Å². The van der Waals surface area contributed by atoms with E-state index in [1.807, 2.05) is 29.8 Å². The Labute approximate surface area is 199 Å². The number of thioether (sulfide) groups is 1. The first-order valence-corrected chi connectivity index (χ1v) is 12.4. The molecule has 0 aliphatic heterocycles. The van der Waals surface area contributed by atoms with Gasteiger partial charge >= 0.3 is 0 Å². The van der Waals surface area contributed by atoms with Gasteiger partial charge in [-0.2, -0.15) is 0 Å². The summed E-state index contributed by atoms with van der Waals surface area (Å²) in [5.41, 5.74) is 1.87. The number of anilines is 1. The number of hydrogen-bond donors (Lipinski definition) is 0. The number of rotatable bonds is 9. The molecular weight excluding hydrogens is 467 g/mol. The summed E-state index contributed by atoms with van der Waals surface area (Å²) in [7, 11) is 0. The Hall–Kier alpha value is -2.42. The standard InChI is InChI=1S/C23H22ClFN4OS2/c1-16-13-17(24)14-20-22(16)27-23(32-20)29(10-2-9-28-11-8-26-15-28)21(30)7-12-31-19-5-3-18(25)4-6-19/h3-6,8,11,13-15H,2,7,9-10,12H2,1H3. The SMILES string of the molecule is Cc1cc(Cl)cc2sc(N(CCCn3ccnc3)C(=O)CCSc3ccc(F)cc3)nc12. The Morgan fingerprint density at radius 2 is 2.09 bits per heavy atom. The third kappa shape index (κ3) is 5.68. The van der Waals surface area contributed by atoms with Gasteiger partial charge in [0.05, 0.1) is 16.5 Å². The molecule has 0 N–H and O–H groups in total. The molecular formula is C23H22ClFN4OS2. The van der Waals surface area contributed by atoms with Gasteiger partial charge in [-0.05, 0) is 55.3 Å². The zero-order chi connectivity index (χ0) is 22.5. The Bertz CT molecular complexity index is 1190. The molecule has 1 amide bonds. The lowest BCUT2D eigenvalue weighted by Gasteiger charge is -2.20. The molecule has 0 unspecified atom stereocenters. The van der Waals surface area contributed by atoms with E-state index in [4.69, 9.17) is 16.6 Å². The molecule has 0 fully saturated rings. The van der Waals surface area contributed by atoms with E-state index in [0.717, 1.165) is 33.6 Å². The zero-order valence-electron chi connectivity index (χ0n) is 17.5. The highest BCUT2D eigenvalue weighted by Gasteiger charge is 2.20. The van der Waals surface area contributed by atoms with Crippen molar-refractivity contribution in [2.75, 3.05) is 17.2 Å². The van der Waals surface area contributed by atoms with Gasteiger partial charge in [-0.15, -0.1) is 11.8 Å². The van der Waals surface area contributed by atoms with Gasteiger partial charge in [0.2, 0.25) is 5.91 Å². The van der Waals surface area contributed by atoms with Crippen LogP contribution in [0.2, 0.25) is 5.02 Å². The number of halogens is 2. The minimum absolute atomic E-state index is 0.0213. The Balaban J connectivity index is 1.48. The lowest BCUT2D eigenvalue weighted by molar-refractivity contribution is -0.118. The highest BCUT2D eigenvalue weighted by atomic mass is 35.5. The van der Waals surface area contributed by atoms with Gasteiger partial charge in [0.15, 0.2) is 5.13 Å². The fourth-order valence-corrected chi connectivity index (χ4v) is 5.64. The smallest absolute Gasteiger partial charge is 0.229 e. The molecule has 2 heterocycles. The highest BCUT2D eigenvalue weighted by Crippen LogP contribution is 2.33. The van der Waals surface area contributed by atoms with Crippen molar-refractivity contribution in [3.8, 4) is 0 Å². The van der Waals surface area contributed by atoms with Crippen LogP contribution in [0.1, 0.15) is 18.4 Å². The number of imidazole rings is 1. The fraction of sp³-hybridized carbons (Fsp3) is 0.261. The van der Waals surface area contributed by atoms with Crippen molar-refractivity contribution >= 4 is 56.0 Å². The minimum atomic E-state index is -0.263. The lowest BCUT2D eigenvalue weighted by Crippen LogP contribution is -2.32. The molecule has 9 heteroatoms. The molecule has 0 radical (unpaired) electrons. The van der Waals surface area contributed by atoms with Crippen LogP contribution >= 0.6 is 34.7 Å². The van der Waals surface area contributed by atoms with Gasteiger partial charge in [0.25, 0.3) is 0 Å². The average Bonchev–Trinajstić information content (AvgIpc) is 3.42. The number of aromatic nitrogens is 3. The van der Waals surface area contributed by atoms with Crippen molar-refractivity contribution in [2.45, 2.75) is 31.2 Å². The van der Waals surface area contributed by atoms with E-state index in [-0.39, 0.29) is 11.7 Å². The van der Waals surface area contributed by atoms with Crippen molar-refractivity contribution in [3.05, 3.63) is 71.5 Å². The molecule has 0 spiro atoms. The average molecular weight is 489 g/mol. The van der Waals surface area contributed by atoms with Crippen LogP contribution in [0.3, 0.4) is 0 Å². The molecule has 4 rings (SSSR count). The Morgan fingerprint density at radius 1 is 1.28 bits per heavy atom. The maximum absolute atomic E-state index is 13.2. The number of hydrogen-bond acceptors (Lipinski definition) is 5. The van der Waals surface area contributed by atoms with E-state index in [0.29, 0.717) is 28.9 Å². The van der Waals surface area contributed by atoms with Crippen LogP contribution in [0.5, 0.6) is 0 Å². The molecule has 0 aliphatic carbocycles. The van der Waals surface area contributed by atoms with E-state index in [1.54, 1.807) is 41.3 Å². The number of carbonyl (C=O) groups is 1. The predicted octanol–water partition coefficient (Wildman–Crippen LogP) is 6.20. The number of benzene rings is 2. The van der Waals surface area contributed by atoms with Crippen LogP contribution in [0, 0.1) is 12.7 Å². The van der Waals surface area contributed by atoms with E-state index in [1.165, 1.54) is 23.5 Å². The van der Waals surface area contributed by atoms with Crippen molar-refractivity contribution in [1.29, 1.82) is 0 Å². The molecule has 0 saturated heterocycles. The second kappa shape index (κ2) is 10.5. The zero-order valence-corrected chi connectivity index (χ0v) is 19.9. The summed E-state index contributed by atoms with van der Waals surface area (Å²) in [6.45, 7) is 3.30. The summed E-state index contributed by atoms with van der Waals surface area (Å²) in [5, 5.41) is 1.35. The third-order valence-electron chi connectivity index (χ3n) is 4.93. The Morgan fingerprint density at radius 3 is 2.84 bits per heavy atom. The summed E-state index contributed by atoms with van der Waals surface area (Å²) in [4.78, 5) is 24.7. The van der Waals surface area contributed by atoms with Crippen molar-refractivity contribution < 1.29 is 9.18 Å². The molecule has 32 heavy (non-hydrogen) atoms. The maximum atomic E-state index is 13.2. The number of aryl methyl sites for hydroxylation is 2.